The Morgan fingerprint density at radius 3 is 2.26 bits per heavy atom. The predicted octanol–water partition coefficient (Wildman–Crippen LogP) is 6.41. The fourth-order valence-corrected chi connectivity index (χ4v) is 2.94. The molecule has 0 bridgehead atoms. The fourth-order valence-electron chi connectivity index (χ4n) is 2.43. The summed E-state index contributed by atoms with van der Waals surface area (Å²) in [6.45, 7) is 14.6. The number of allylic oxidation sites excluding steroid dienone is 3. The largest absolute Gasteiger partial charge is 0.233 e. The van der Waals surface area contributed by atoms with Crippen molar-refractivity contribution in [3.05, 3.63) is 63.4 Å². The average Bonchev–Trinajstić information content (AvgIpc) is 2.73. The van der Waals surface area contributed by atoms with Gasteiger partial charge in [0, 0.05) is 10.0 Å². The SMILES string of the molecule is C=C(/C=C(\C)c1c(C)c(C)nn1-c1cc(Cl)cc(Cl)c1)C(C)C. The zero-order valence-electron chi connectivity index (χ0n) is 14.2. The molecule has 0 amide bonds. The zero-order chi connectivity index (χ0) is 17.3. The Balaban J connectivity index is 2.63. The van der Waals surface area contributed by atoms with Crippen LogP contribution in [-0.2, 0) is 0 Å². The Labute approximate surface area is 148 Å². The van der Waals surface area contributed by atoms with Crippen molar-refractivity contribution in [1.29, 1.82) is 0 Å². The molecule has 0 fully saturated rings. The van der Waals surface area contributed by atoms with Crippen molar-refractivity contribution in [1.82, 2.24) is 9.78 Å². The van der Waals surface area contributed by atoms with E-state index in [0.717, 1.165) is 33.8 Å². The summed E-state index contributed by atoms with van der Waals surface area (Å²) in [5.74, 6) is 0.406. The minimum atomic E-state index is 0.406. The molecular formula is C19H22Cl2N2. The van der Waals surface area contributed by atoms with Gasteiger partial charge in [0.1, 0.15) is 0 Å². The van der Waals surface area contributed by atoms with Gasteiger partial charge in [-0.2, -0.15) is 5.10 Å². The van der Waals surface area contributed by atoms with E-state index in [4.69, 9.17) is 23.2 Å². The van der Waals surface area contributed by atoms with Crippen LogP contribution in [-0.4, -0.2) is 9.78 Å². The lowest BCUT2D eigenvalue weighted by Gasteiger charge is -2.12. The van der Waals surface area contributed by atoms with Crippen molar-refractivity contribution in [2.45, 2.75) is 34.6 Å². The van der Waals surface area contributed by atoms with Gasteiger partial charge >= 0.3 is 0 Å². The van der Waals surface area contributed by atoms with Crippen LogP contribution in [0.15, 0.2) is 36.4 Å². The summed E-state index contributed by atoms with van der Waals surface area (Å²) in [4.78, 5) is 0. The van der Waals surface area contributed by atoms with Crippen LogP contribution in [0, 0.1) is 19.8 Å². The molecule has 1 aromatic carbocycles. The number of rotatable bonds is 4. The molecule has 2 aromatic rings. The van der Waals surface area contributed by atoms with Gasteiger partial charge in [0.15, 0.2) is 0 Å². The number of hydrogen-bond donors (Lipinski definition) is 0. The first kappa shape index (κ1) is 17.8. The van der Waals surface area contributed by atoms with E-state index in [-0.39, 0.29) is 0 Å². The number of aromatic nitrogens is 2. The molecule has 0 aliphatic carbocycles. The van der Waals surface area contributed by atoms with Crippen LogP contribution in [0.1, 0.15) is 37.7 Å². The van der Waals surface area contributed by atoms with Crippen LogP contribution in [0.5, 0.6) is 0 Å². The third-order valence-electron chi connectivity index (χ3n) is 3.97. The highest BCUT2D eigenvalue weighted by atomic mass is 35.5. The highest BCUT2D eigenvalue weighted by molar-refractivity contribution is 6.34. The Morgan fingerprint density at radius 1 is 1.17 bits per heavy atom. The number of benzene rings is 1. The van der Waals surface area contributed by atoms with Gasteiger partial charge in [0.05, 0.1) is 17.1 Å². The van der Waals surface area contributed by atoms with E-state index in [0.29, 0.717) is 16.0 Å². The summed E-state index contributed by atoms with van der Waals surface area (Å²) in [5.41, 5.74) is 6.26. The first-order chi connectivity index (χ1) is 10.7. The third-order valence-corrected chi connectivity index (χ3v) is 4.41. The van der Waals surface area contributed by atoms with Gasteiger partial charge in [-0.3, -0.25) is 0 Å². The smallest absolute Gasteiger partial charge is 0.0729 e. The molecule has 0 aliphatic heterocycles. The summed E-state index contributed by atoms with van der Waals surface area (Å²) < 4.78 is 1.90. The second kappa shape index (κ2) is 6.94. The first-order valence-electron chi connectivity index (χ1n) is 7.61. The summed E-state index contributed by atoms with van der Waals surface area (Å²) in [5, 5.41) is 5.85. The van der Waals surface area contributed by atoms with Gasteiger partial charge in [0.2, 0.25) is 0 Å². The number of aryl methyl sites for hydroxylation is 1. The molecule has 23 heavy (non-hydrogen) atoms. The van der Waals surface area contributed by atoms with Crippen LogP contribution >= 0.6 is 23.2 Å². The second-order valence-corrected chi connectivity index (χ2v) is 7.03. The molecule has 0 saturated heterocycles. The zero-order valence-corrected chi connectivity index (χ0v) is 15.8. The minimum Gasteiger partial charge on any atom is -0.233 e. The van der Waals surface area contributed by atoms with Crippen LogP contribution in [0.3, 0.4) is 0 Å². The highest BCUT2D eigenvalue weighted by Crippen LogP contribution is 2.29. The molecule has 0 saturated carbocycles. The Bertz CT molecular complexity index is 763. The van der Waals surface area contributed by atoms with Gasteiger partial charge in [0.25, 0.3) is 0 Å². The van der Waals surface area contributed by atoms with Crippen molar-refractivity contribution in [2.75, 3.05) is 0 Å². The lowest BCUT2D eigenvalue weighted by Crippen LogP contribution is -2.02. The van der Waals surface area contributed by atoms with Crippen LogP contribution in [0.4, 0.5) is 0 Å². The summed E-state index contributed by atoms with van der Waals surface area (Å²) in [6.07, 6.45) is 2.12. The standard InChI is InChI=1S/C19H22Cl2N2/c1-11(2)12(3)7-13(4)19-14(5)15(6)22-23(19)18-9-16(20)8-17(21)10-18/h7-11H,3H2,1-2,4-6H3/b13-7+. The van der Waals surface area contributed by atoms with E-state index < -0.39 is 0 Å². The maximum Gasteiger partial charge on any atom is 0.0729 e. The van der Waals surface area contributed by atoms with E-state index in [1.54, 1.807) is 6.07 Å². The maximum absolute atomic E-state index is 6.15. The van der Waals surface area contributed by atoms with Crippen molar-refractivity contribution in [2.24, 2.45) is 5.92 Å². The minimum absolute atomic E-state index is 0.406. The molecule has 2 nitrogen and oxygen atoms in total. The third kappa shape index (κ3) is 3.88. The molecule has 0 N–H and O–H groups in total. The average molecular weight is 349 g/mol. The van der Waals surface area contributed by atoms with E-state index >= 15 is 0 Å². The monoisotopic (exact) mass is 348 g/mol. The molecular weight excluding hydrogens is 327 g/mol. The van der Waals surface area contributed by atoms with E-state index in [2.05, 4.69) is 45.4 Å². The normalized spacial score (nSPS) is 12.1. The molecule has 0 spiro atoms. The van der Waals surface area contributed by atoms with Gasteiger partial charge in [-0.25, -0.2) is 4.68 Å². The molecule has 122 valence electrons. The molecule has 0 aliphatic rings. The first-order valence-corrected chi connectivity index (χ1v) is 8.36. The lowest BCUT2D eigenvalue weighted by atomic mass is 10.00. The number of nitrogens with zero attached hydrogens (tertiary/aromatic N) is 2. The molecule has 0 unspecified atom stereocenters. The summed E-state index contributed by atoms with van der Waals surface area (Å²) in [7, 11) is 0. The Hall–Kier alpha value is -1.51. The molecule has 4 heteroatoms. The topological polar surface area (TPSA) is 17.8 Å². The van der Waals surface area contributed by atoms with Crippen molar-refractivity contribution < 1.29 is 0 Å². The molecule has 0 radical (unpaired) electrons. The molecule has 2 rings (SSSR count). The van der Waals surface area contributed by atoms with Crippen molar-refractivity contribution >= 4 is 28.8 Å². The van der Waals surface area contributed by atoms with Crippen molar-refractivity contribution in [3.8, 4) is 5.69 Å². The fraction of sp³-hybridized carbons (Fsp3) is 0.316. The molecule has 1 aromatic heterocycles. The van der Waals surface area contributed by atoms with Gasteiger partial charge in [-0.15, -0.1) is 0 Å². The Kier molecular flexibility index (Phi) is 5.38. The van der Waals surface area contributed by atoms with Gasteiger partial charge < -0.3 is 0 Å². The van der Waals surface area contributed by atoms with Crippen molar-refractivity contribution in [3.63, 3.8) is 0 Å². The summed E-state index contributed by atoms with van der Waals surface area (Å²) in [6, 6.07) is 5.46. The lowest BCUT2D eigenvalue weighted by molar-refractivity contribution is 0.794. The second-order valence-electron chi connectivity index (χ2n) is 6.16. The number of hydrogen-bond acceptors (Lipinski definition) is 1. The molecule has 1 heterocycles. The Morgan fingerprint density at radius 2 is 1.74 bits per heavy atom. The van der Waals surface area contributed by atoms with E-state index in [1.807, 2.05) is 23.7 Å². The summed E-state index contributed by atoms with van der Waals surface area (Å²) >= 11 is 12.3. The van der Waals surface area contributed by atoms with E-state index in [9.17, 15) is 0 Å². The quantitative estimate of drug-likeness (QED) is 0.583. The number of halogens is 2. The van der Waals surface area contributed by atoms with Crippen LogP contribution in [0.25, 0.3) is 11.3 Å². The predicted molar refractivity (Wildman–Crippen MR) is 101 cm³/mol. The highest BCUT2D eigenvalue weighted by Gasteiger charge is 2.16. The van der Waals surface area contributed by atoms with Gasteiger partial charge in [-0.05, 0) is 56.0 Å². The van der Waals surface area contributed by atoms with Crippen LogP contribution in [0.2, 0.25) is 10.0 Å². The van der Waals surface area contributed by atoms with Crippen LogP contribution < -0.4 is 0 Å². The maximum atomic E-state index is 6.15. The van der Waals surface area contributed by atoms with Gasteiger partial charge in [-0.1, -0.05) is 55.3 Å². The molecule has 0 atom stereocenters. The van der Waals surface area contributed by atoms with E-state index in [1.165, 1.54) is 0 Å².